The molecule has 0 aromatic heterocycles. The SMILES string of the molecule is COCCN(CCC#N)c1cc(F)c(Br)cc1N. The quantitative estimate of drug-likeness (QED) is 0.819. The van der Waals surface area contributed by atoms with Gasteiger partial charge in [-0.2, -0.15) is 5.26 Å². The molecule has 0 spiro atoms. The zero-order valence-corrected chi connectivity index (χ0v) is 11.7. The highest BCUT2D eigenvalue weighted by Crippen LogP contribution is 2.29. The number of nitrogen functional groups attached to an aromatic ring is 1. The number of anilines is 2. The Hall–Kier alpha value is -1.32. The minimum atomic E-state index is -0.376. The van der Waals surface area contributed by atoms with E-state index in [0.717, 1.165) is 0 Å². The molecule has 0 aliphatic carbocycles. The highest BCUT2D eigenvalue weighted by molar-refractivity contribution is 9.10. The molecule has 6 heteroatoms. The number of ether oxygens (including phenoxy) is 1. The summed E-state index contributed by atoms with van der Waals surface area (Å²) in [6.07, 6.45) is 0.348. The first kappa shape index (κ1) is 14.7. The second-order valence-corrected chi connectivity index (χ2v) is 4.57. The van der Waals surface area contributed by atoms with Crippen LogP contribution in [-0.4, -0.2) is 26.8 Å². The third-order valence-electron chi connectivity index (χ3n) is 2.47. The van der Waals surface area contributed by atoms with Gasteiger partial charge in [0, 0.05) is 26.3 Å². The molecule has 0 saturated carbocycles. The van der Waals surface area contributed by atoms with Gasteiger partial charge in [0.25, 0.3) is 0 Å². The largest absolute Gasteiger partial charge is 0.397 e. The molecular formula is C12H15BrFN3O. The normalized spacial score (nSPS) is 10.1. The van der Waals surface area contributed by atoms with Crippen molar-refractivity contribution in [2.75, 3.05) is 37.4 Å². The molecule has 18 heavy (non-hydrogen) atoms. The van der Waals surface area contributed by atoms with Gasteiger partial charge in [-0.1, -0.05) is 0 Å². The van der Waals surface area contributed by atoms with E-state index < -0.39 is 0 Å². The Morgan fingerprint density at radius 1 is 1.50 bits per heavy atom. The average Bonchev–Trinajstić information content (AvgIpc) is 2.35. The van der Waals surface area contributed by atoms with Gasteiger partial charge in [-0.15, -0.1) is 0 Å². The molecule has 0 bridgehead atoms. The van der Waals surface area contributed by atoms with E-state index in [1.807, 2.05) is 4.90 Å². The predicted molar refractivity (Wildman–Crippen MR) is 72.8 cm³/mol. The minimum absolute atomic E-state index is 0.329. The molecule has 0 atom stereocenters. The monoisotopic (exact) mass is 315 g/mol. The lowest BCUT2D eigenvalue weighted by molar-refractivity contribution is 0.205. The number of nitrogens with zero attached hydrogens (tertiary/aromatic N) is 2. The first-order valence-electron chi connectivity index (χ1n) is 5.45. The van der Waals surface area contributed by atoms with Gasteiger partial charge in [-0.05, 0) is 22.0 Å². The van der Waals surface area contributed by atoms with Crippen molar-refractivity contribution < 1.29 is 9.13 Å². The molecule has 98 valence electrons. The fraction of sp³-hybridized carbons (Fsp3) is 0.417. The van der Waals surface area contributed by atoms with Crippen LogP contribution in [-0.2, 0) is 4.74 Å². The van der Waals surface area contributed by atoms with E-state index in [1.165, 1.54) is 12.1 Å². The van der Waals surface area contributed by atoms with Crippen molar-refractivity contribution in [3.8, 4) is 6.07 Å². The van der Waals surface area contributed by atoms with Crippen LogP contribution in [0, 0.1) is 17.1 Å². The van der Waals surface area contributed by atoms with Crippen LogP contribution in [0.1, 0.15) is 6.42 Å². The maximum atomic E-state index is 13.5. The number of halogens is 2. The molecule has 0 aliphatic rings. The number of benzene rings is 1. The van der Waals surface area contributed by atoms with E-state index in [1.54, 1.807) is 7.11 Å². The Kier molecular flexibility index (Phi) is 5.89. The summed E-state index contributed by atoms with van der Waals surface area (Å²) in [4.78, 5) is 1.84. The topological polar surface area (TPSA) is 62.3 Å². The number of nitrogens with two attached hydrogens (primary N) is 1. The molecule has 1 rings (SSSR count). The van der Waals surface area contributed by atoms with Crippen LogP contribution in [0.25, 0.3) is 0 Å². The van der Waals surface area contributed by atoms with Crippen molar-refractivity contribution in [3.63, 3.8) is 0 Å². The van der Waals surface area contributed by atoms with Crippen LogP contribution in [0.3, 0.4) is 0 Å². The summed E-state index contributed by atoms with van der Waals surface area (Å²) < 4.78 is 18.9. The number of hydrogen-bond acceptors (Lipinski definition) is 4. The third-order valence-corrected chi connectivity index (χ3v) is 3.08. The van der Waals surface area contributed by atoms with Gasteiger partial charge in [0.15, 0.2) is 0 Å². The summed E-state index contributed by atoms with van der Waals surface area (Å²) >= 11 is 3.08. The highest BCUT2D eigenvalue weighted by atomic mass is 79.9. The zero-order chi connectivity index (χ0) is 13.5. The van der Waals surface area contributed by atoms with Gasteiger partial charge in [0.1, 0.15) is 5.82 Å². The molecular weight excluding hydrogens is 301 g/mol. The van der Waals surface area contributed by atoms with Crippen molar-refractivity contribution in [1.82, 2.24) is 0 Å². The van der Waals surface area contributed by atoms with Crippen molar-refractivity contribution in [2.45, 2.75) is 6.42 Å². The van der Waals surface area contributed by atoms with E-state index in [9.17, 15) is 4.39 Å². The van der Waals surface area contributed by atoms with E-state index >= 15 is 0 Å². The highest BCUT2D eigenvalue weighted by Gasteiger charge is 2.12. The number of rotatable bonds is 6. The van der Waals surface area contributed by atoms with Gasteiger partial charge in [-0.25, -0.2) is 4.39 Å². The van der Waals surface area contributed by atoms with Gasteiger partial charge < -0.3 is 15.4 Å². The Balaban J connectivity index is 2.96. The maximum absolute atomic E-state index is 13.5. The van der Waals surface area contributed by atoms with Gasteiger partial charge in [0.05, 0.1) is 34.9 Å². The van der Waals surface area contributed by atoms with Crippen LogP contribution < -0.4 is 10.6 Å². The van der Waals surface area contributed by atoms with Crippen LogP contribution in [0.15, 0.2) is 16.6 Å². The molecule has 0 heterocycles. The second kappa shape index (κ2) is 7.19. The molecule has 0 saturated heterocycles. The maximum Gasteiger partial charge on any atom is 0.139 e. The molecule has 0 radical (unpaired) electrons. The predicted octanol–water partition coefficient (Wildman–Crippen LogP) is 2.54. The lowest BCUT2D eigenvalue weighted by Crippen LogP contribution is -2.29. The lowest BCUT2D eigenvalue weighted by atomic mass is 10.2. The lowest BCUT2D eigenvalue weighted by Gasteiger charge is -2.25. The summed E-state index contributed by atoms with van der Waals surface area (Å²) in [6, 6.07) is 4.96. The summed E-state index contributed by atoms with van der Waals surface area (Å²) in [5, 5.41) is 8.63. The molecule has 4 nitrogen and oxygen atoms in total. The Bertz CT molecular complexity index is 448. The van der Waals surface area contributed by atoms with E-state index in [-0.39, 0.29) is 5.82 Å². The summed E-state index contributed by atoms with van der Waals surface area (Å²) in [6.45, 7) is 1.54. The molecule has 1 aromatic rings. The minimum Gasteiger partial charge on any atom is -0.397 e. The van der Waals surface area contributed by atoms with E-state index in [4.69, 9.17) is 15.7 Å². The van der Waals surface area contributed by atoms with E-state index in [2.05, 4.69) is 22.0 Å². The van der Waals surface area contributed by atoms with Crippen molar-refractivity contribution >= 4 is 27.3 Å². The Morgan fingerprint density at radius 2 is 2.22 bits per heavy atom. The standard InChI is InChI=1S/C12H15BrFN3O/c1-18-6-5-17(4-2-3-15)12-8-10(14)9(13)7-11(12)16/h7-8H,2,4-6,16H2,1H3. The first-order valence-corrected chi connectivity index (χ1v) is 6.24. The van der Waals surface area contributed by atoms with Gasteiger partial charge in [0.2, 0.25) is 0 Å². The fourth-order valence-electron chi connectivity index (χ4n) is 1.56. The zero-order valence-electron chi connectivity index (χ0n) is 10.1. The number of methoxy groups -OCH3 is 1. The van der Waals surface area contributed by atoms with E-state index in [0.29, 0.717) is 42.0 Å². The number of hydrogen-bond donors (Lipinski definition) is 1. The van der Waals surface area contributed by atoms with Gasteiger partial charge in [-0.3, -0.25) is 0 Å². The first-order chi connectivity index (χ1) is 8.60. The third kappa shape index (κ3) is 3.86. The van der Waals surface area contributed by atoms with Crippen LogP contribution in [0.5, 0.6) is 0 Å². The van der Waals surface area contributed by atoms with Gasteiger partial charge >= 0.3 is 0 Å². The summed E-state index contributed by atoms with van der Waals surface area (Å²) in [7, 11) is 1.59. The second-order valence-electron chi connectivity index (χ2n) is 3.71. The molecule has 0 amide bonds. The smallest absolute Gasteiger partial charge is 0.139 e. The molecule has 2 N–H and O–H groups in total. The molecule has 0 fully saturated rings. The summed E-state index contributed by atoms with van der Waals surface area (Å²) in [5.41, 5.74) is 6.93. The van der Waals surface area contributed by atoms with Crippen molar-refractivity contribution in [2.24, 2.45) is 0 Å². The van der Waals surface area contributed by atoms with Crippen LogP contribution in [0.2, 0.25) is 0 Å². The fourth-order valence-corrected chi connectivity index (χ4v) is 1.93. The molecule has 1 aromatic carbocycles. The molecule has 0 aliphatic heterocycles. The van der Waals surface area contributed by atoms with Crippen molar-refractivity contribution in [3.05, 3.63) is 22.4 Å². The summed E-state index contributed by atoms with van der Waals surface area (Å²) in [5.74, 6) is -0.376. The Morgan fingerprint density at radius 3 is 2.83 bits per heavy atom. The van der Waals surface area contributed by atoms with Crippen LogP contribution >= 0.6 is 15.9 Å². The molecule has 0 unspecified atom stereocenters. The van der Waals surface area contributed by atoms with Crippen molar-refractivity contribution in [1.29, 1.82) is 5.26 Å². The average molecular weight is 316 g/mol. The Labute approximate surface area is 114 Å². The number of nitriles is 1. The van der Waals surface area contributed by atoms with Crippen LogP contribution in [0.4, 0.5) is 15.8 Å².